The van der Waals surface area contributed by atoms with Crippen LogP contribution in [0.1, 0.15) is 25.5 Å². The fourth-order valence-corrected chi connectivity index (χ4v) is 2.80. The lowest BCUT2D eigenvalue weighted by Crippen LogP contribution is -2.27. The van der Waals surface area contributed by atoms with Gasteiger partial charge in [-0.15, -0.1) is 0 Å². The van der Waals surface area contributed by atoms with Crippen LogP contribution in [0, 0.1) is 0 Å². The SMILES string of the molecule is CC(C)n1cnc2c(NCc3ccccc3)nc(NC(CO)CS)nc21. The van der Waals surface area contributed by atoms with E-state index in [0.29, 0.717) is 24.1 Å². The second kappa shape index (κ2) is 8.37. The number of aliphatic hydroxyl groups is 1. The van der Waals surface area contributed by atoms with Gasteiger partial charge in [0.1, 0.15) is 0 Å². The highest BCUT2D eigenvalue weighted by atomic mass is 32.1. The van der Waals surface area contributed by atoms with Crippen LogP contribution in [0.5, 0.6) is 0 Å². The van der Waals surface area contributed by atoms with E-state index in [1.165, 1.54) is 0 Å². The highest BCUT2D eigenvalue weighted by molar-refractivity contribution is 7.80. The van der Waals surface area contributed by atoms with Gasteiger partial charge in [0.15, 0.2) is 17.0 Å². The summed E-state index contributed by atoms with van der Waals surface area (Å²) in [6, 6.07) is 10.1. The Kier molecular flexibility index (Phi) is 5.95. The van der Waals surface area contributed by atoms with Gasteiger partial charge in [-0.05, 0) is 19.4 Å². The number of hydrogen-bond donors (Lipinski definition) is 4. The second-order valence-electron chi connectivity index (χ2n) is 6.36. The van der Waals surface area contributed by atoms with E-state index in [9.17, 15) is 5.11 Å². The molecule has 0 bridgehead atoms. The molecule has 0 fully saturated rings. The zero-order chi connectivity index (χ0) is 18.5. The van der Waals surface area contributed by atoms with Gasteiger partial charge < -0.3 is 20.3 Å². The van der Waals surface area contributed by atoms with E-state index in [1.54, 1.807) is 6.33 Å². The van der Waals surface area contributed by atoms with Gasteiger partial charge in [-0.25, -0.2) is 4.98 Å². The molecule has 3 N–H and O–H groups in total. The molecule has 0 amide bonds. The summed E-state index contributed by atoms with van der Waals surface area (Å²) in [5.41, 5.74) is 2.64. The summed E-state index contributed by atoms with van der Waals surface area (Å²) in [6.45, 7) is 4.76. The van der Waals surface area contributed by atoms with E-state index in [1.807, 2.05) is 22.8 Å². The lowest BCUT2D eigenvalue weighted by Gasteiger charge is -2.16. The third-order valence-corrected chi connectivity index (χ3v) is 4.50. The zero-order valence-electron chi connectivity index (χ0n) is 14.9. The monoisotopic (exact) mass is 372 g/mol. The number of imidazole rings is 1. The highest BCUT2D eigenvalue weighted by Gasteiger charge is 2.16. The lowest BCUT2D eigenvalue weighted by molar-refractivity contribution is 0.283. The molecule has 2 aromatic heterocycles. The summed E-state index contributed by atoms with van der Waals surface area (Å²) < 4.78 is 2.00. The first kappa shape index (κ1) is 18.5. The Morgan fingerprint density at radius 3 is 2.62 bits per heavy atom. The molecule has 138 valence electrons. The largest absolute Gasteiger partial charge is 0.394 e. The number of fused-ring (bicyclic) bond motifs is 1. The van der Waals surface area contributed by atoms with Crippen molar-refractivity contribution in [2.24, 2.45) is 0 Å². The molecular formula is C18H24N6OS. The standard InChI is InChI=1S/C18H24N6OS/c1-12(2)24-11-20-15-16(19-8-13-6-4-3-5-7-13)22-18(23-17(15)24)21-14(9-25)10-26/h3-7,11-12,14,25-26H,8-10H2,1-2H3,(H2,19,21,22,23). The van der Waals surface area contributed by atoms with Gasteiger partial charge >= 0.3 is 0 Å². The minimum absolute atomic E-state index is 0.0406. The van der Waals surface area contributed by atoms with Crippen molar-refractivity contribution in [2.75, 3.05) is 23.0 Å². The number of thiol groups is 1. The smallest absolute Gasteiger partial charge is 0.227 e. The van der Waals surface area contributed by atoms with Crippen molar-refractivity contribution in [2.45, 2.75) is 32.5 Å². The molecular weight excluding hydrogens is 348 g/mol. The lowest BCUT2D eigenvalue weighted by atomic mass is 10.2. The number of anilines is 2. The summed E-state index contributed by atoms with van der Waals surface area (Å²) in [4.78, 5) is 13.7. The van der Waals surface area contributed by atoms with Gasteiger partial charge in [0, 0.05) is 18.3 Å². The minimum atomic E-state index is -0.215. The van der Waals surface area contributed by atoms with Crippen LogP contribution in [0.2, 0.25) is 0 Å². The highest BCUT2D eigenvalue weighted by Crippen LogP contribution is 2.24. The third kappa shape index (κ3) is 4.08. The van der Waals surface area contributed by atoms with Crippen LogP contribution in [0.25, 0.3) is 11.2 Å². The van der Waals surface area contributed by atoms with Gasteiger partial charge in [-0.1, -0.05) is 30.3 Å². The molecule has 7 nitrogen and oxygen atoms in total. The number of rotatable bonds is 8. The van der Waals surface area contributed by atoms with E-state index >= 15 is 0 Å². The van der Waals surface area contributed by atoms with Crippen LogP contribution in [0.3, 0.4) is 0 Å². The summed E-state index contributed by atoms with van der Waals surface area (Å²) in [7, 11) is 0. The quantitative estimate of drug-likeness (QED) is 0.455. The molecule has 3 rings (SSSR count). The number of nitrogens with zero attached hydrogens (tertiary/aromatic N) is 4. The molecule has 0 spiro atoms. The molecule has 3 aromatic rings. The molecule has 0 saturated carbocycles. The first-order valence-corrected chi connectivity index (χ1v) is 9.26. The number of aromatic nitrogens is 4. The summed E-state index contributed by atoms with van der Waals surface area (Å²) in [5.74, 6) is 1.59. The van der Waals surface area contributed by atoms with Crippen LogP contribution < -0.4 is 10.6 Å². The van der Waals surface area contributed by atoms with Crippen LogP contribution in [-0.4, -0.2) is 43.0 Å². The number of hydrogen-bond acceptors (Lipinski definition) is 7. The third-order valence-electron chi connectivity index (χ3n) is 4.05. The molecule has 0 radical (unpaired) electrons. The van der Waals surface area contributed by atoms with Crippen molar-refractivity contribution < 1.29 is 5.11 Å². The minimum Gasteiger partial charge on any atom is -0.394 e. The van der Waals surface area contributed by atoms with Crippen LogP contribution >= 0.6 is 12.6 Å². The first-order valence-electron chi connectivity index (χ1n) is 8.63. The molecule has 1 atom stereocenters. The van der Waals surface area contributed by atoms with Crippen molar-refractivity contribution in [3.63, 3.8) is 0 Å². The van der Waals surface area contributed by atoms with Gasteiger partial charge in [0.25, 0.3) is 0 Å². The predicted octanol–water partition coefficient (Wildman–Crippen LogP) is 2.72. The van der Waals surface area contributed by atoms with Crippen molar-refractivity contribution in [1.82, 2.24) is 19.5 Å². The summed E-state index contributed by atoms with van der Waals surface area (Å²) in [5, 5.41) is 15.9. The molecule has 0 aliphatic carbocycles. The zero-order valence-corrected chi connectivity index (χ0v) is 15.8. The van der Waals surface area contributed by atoms with Gasteiger partial charge in [0.05, 0.1) is 19.0 Å². The topological polar surface area (TPSA) is 87.9 Å². The average molecular weight is 372 g/mol. The molecule has 8 heteroatoms. The van der Waals surface area contributed by atoms with Gasteiger partial charge in [-0.2, -0.15) is 22.6 Å². The number of aliphatic hydroxyl groups excluding tert-OH is 1. The van der Waals surface area contributed by atoms with E-state index in [2.05, 4.69) is 64.2 Å². The summed E-state index contributed by atoms with van der Waals surface area (Å²) >= 11 is 4.24. The Balaban J connectivity index is 1.96. The Hall–Kier alpha value is -2.32. The Bertz CT molecular complexity index is 848. The molecule has 26 heavy (non-hydrogen) atoms. The van der Waals surface area contributed by atoms with Crippen molar-refractivity contribution >= 4 is 35.6 Å². The second-order valence-corrected chi connectivity index (χ2v) is 6.72. The average Bonchev–Trinajstić information content (AvgIpc) is 3.09. The Morgan fingerprint density at radius 1 is 1.19 bits per heavy atom. The fraction of sp³-hybridized carbons (Fsp3) is 0.389. The normalized spacial score (nSPS) is 12.5. The molecule has 0 aliphatic rings. The first-order chi connectivity index (χ1) is 12.6. The van der Waals surface area contributed by atoms with E-state index in [0.717, 1.165) is 16.7 Å². The van der Waals surface area contributed by atoms with Gasteiger partial charge in [-0.3, -0.25) is 0 Å². The van der Waals surface area contributed by atoms with E-state index < -0.39 is 0 Å². The molecule has 2 heterocycles. The van der Waals surface area contributed by atoms with Crippen LogP contribution in [0.15, 0.2) is 36.7 Å². The van der Waals surface area contributed by atoms with Crippen LogP contribution in [-0.2, 0) is 6.54 Å². The van der Waals surface area contributed by atoms with E-state index in [-0.39, 0.29) is 18.7 Å². The number of benzene rings is 1. The van der Waals surface area contributed by atoms with E-state index in [4.69, 9.17) is 0 Å². The van der Waals surface area contributed by atoms with Crippen molar-refractivity contribution in [1.29, 1.82) is 0 Å². The maximum absolute atomic E-state index is 9.42. The Labute approximate surface area is 158 Å². The van der Waals surface area contributed by atoms with Gasteiger partial charge in [0.2, 0.25) is 5.95 Å². The summed E-state index contributed by atoms with van der Waals surface area (Å²) in [6.07, 6.45) is 1.78. The maximum atomic E-state index is 9.42. The molecule has 1 aromatic carbocycles. The Morgan fingerprint density at radius 2 is 1.96 bits per heavy atom. The van der Waals surface area contributed by atoms with Crippen molar-refractivity contribution in [3.05, 3.63) is 42.2 Å². The fourth-order valence-electron chi connectivity index (χ4n) is 2.60. The van der Waals surface area contributed by atoms with Crippen LogP contribution in [0.4, 0.5) is 11.8 Å². The predicted molar refractivity (Wildman–Crippen MR) is 108 cm³/mol. The number of nitrogens with one attached hydrogen (secondary N) is 2. The molecule has 1 unspecified atom stereocenters. The van der Waals surface area contributed by atoms with Crippen molar-refractivity contribution in [3.8, 4) is 0 Å². The molecule has 0 saturated heterocycles. The molecule has 0 aliphatic heterocycles. The maximum Gasteiger partial charge on any atom is 0.227 e.